The molecule has 0 bridgehead atoms. The van der Waals surface area contributed by atoms with E-state index in [1.165, 1.54) is 11.1 Å². The maximum absolute atomic E-state index is 6.45. The second kappa shape index (κ2) is 10.5. The minimum atomic E-state index is -0.527. The monoisotopic (exact) mass is 476 g/mol. The topological polar surface area (TPSA) is 71.9 Å². The van der Waals surface area contributed by atoms with Crippen LogP contribution in [0.1, 0.15) is 18.1 Å². The average molecular weight is 477 g/mol. The summed E-state index contributed by atoms with van der Waals surface area (Å²) in [6, 6.07) is 18.5. The molecule has 1 fully saturated rings. The summed E-state index contributed by atoms with van der Waals surface area (Å²) in [4.78, 5) is 9.26. The Morgan fingerprint density at radius 3 is 2.29 bits per heavy atom. The number of ether oxygens (including phenoxy) is 5. The first kappa shape index (κ1) is 24.0. The van der Waals surface area contributed by atoms with Gasteiger partial charge in [-0.2, -0.15) is 0 Å². The zero-order valence-electron chi connectivity index (χ0n) is 20.6. The quantitative estimate of drug-likeness (QED) is 0.509. The van der Waals surface area contributed by atoms with Gasteiger partial charge in [-0.05, 0) is 43.0 Å². The van der Waals surface area contributed by atoms with Gasteiger partial charge >= 0.3 is 0 Å². The van der Waals surface area contributed by atoms with Crippen LogP contribution in [-0.4, -0.2) is 68.1 Å². The van der Waals surface area contributed by atoms with E-state index in [-0.39, 0.29) is 30.5 Å². The fourth-order valence-corrected chi connectivity index (χ4v) is 5.19. The van der Waals surface area contributed by atoms with Crippen molar-refractivity contribution in [2.24, 2.45) is 0 Å². The molecule has 7 heteroatoms. The number of methoxy groups -OCH3 is 3. The van der Waals surface area contributed by atoms with Crippen molar-refractivity contribution in [2.45, 2.75) is 56.6 Å². The molecule has 0 spiro atoms. The normalized spacial score (nSPS) is 28.1. The molecule has 2 aliphatic rings. The van der Waals surface area contributed by atoms with Crippen LogP contribution in [0.4, 0.5) is 0 Å². The molecule has 7 nitrogen and oxygen atoms in total. The third-order valence-corrected chi connectivity index (χ3v) is 6.96. The lowest BCUT2D eigenvalue weighted by Crippen LogP contribution is -2.59. The summed E-state index contributed by atoms with van der Waals surface area (Å²) in [7, 11) is 4.98. The first-order valence-corrected chi connectivity index (χ1v) is 12.0. The molecule has 0 radical (unpaired) electrons. The number of rotatable bonds is 7. The summed E-state index contributed by atoms with van der Waals surface area (Å²) < 4.78 is 29.7. The molecule has 1 saturated heterocycles. The lowest BCUT2D eigenvalue weighted by atomic mass is 9.99. The van der Waals surface area contributed by atoms with Gasteiger partial charge in [0.05, 0.1) is 17.9 Å². The molecule has 0 saturated carbocycles. The predicted octanol–water partition coefficient (Wildman–Crippen LogP) is 4.08. The highest BCUT2D eigenvalue weighted by molar-refractivity contribution is 5.65. The van der Waals surface area contributed by atoms with Crippen LogP contribution >= 0.6 is 0 Å². The summed E-state index contributed by atoms with van der Waals surface area (Å²) in [6.07, 6.45) is 1.87. The van der Waals surface area contributed by atoms with Gasteiger partial charge < -0.3 is 23.7 Å². The average Bonchev–Trinajstić information content (AvgIpc) is 3.30. The molecule has 2 aromatic carbocycles. The standard InChI is InChI=1S/C28H32N2O5/c1-17-24(31-2)25(32-3)26(33-4)28(34-17)35-22-15-19-10-11-20(14-21(19)16-22)23-12-13-29-27(30-23)18-8-6-5-7-9-18/h5-14,17,22,24-26,28H,15-16H2,1-4H3/t17-,22?,24-,25-,26-,28-/m0/s1. The van der Waals surface area contributed by atoms with Crippen molar-refractivity contribution in [2.75, 3.05) is 21.3 Å². The summed E-state index contributed by atoms with van der Waals surface area (Å²) >= 11 is 0. The van der Waals surface area contributed by atoms with Gasteiger partial charge in [0.2, 0.25) is 0 Å². The van der Waals surface area contributed by atoms with Gasteiger partial charge in [0.25, 0.3) is 0 Å². The van der Waals surface area contributed by atoms with Crippen LogP contribution in [0.25, 0.3) is 22.6 Å². The second-order valence-electron chi connectivity index (χ2n) is 9.09. The van der Waals surface area contributed by atoms with Gasteiger partial charge in [-0.25, -0.2) is 9.97 Å². The number of aromatic nitrogens is 2. The Morgan fingerprint density at radius 1 is 0.800 bits per heavy atom. The maximum atomic E-state index is 6.45. The van der Waals surface area contributed by atoms with Crippen molar-refractivity contribution in [1.82, 2.24) is 9.97 Å². The van der Waals surface area contributed by atoms with Crippen LogP contribution in [0.15, 0.2) is 60.8 Å². The molecule has 1 aromatic heterocycles. The zero-order valence-corrected chi connectivity index (χ0v) is 20.6. The molecular formula is C28H32N2O5. The lowest BCUT2D eigenvalue weighted by molar-refractivity contribution is -0.314. The summed E-state index contributed by atoms with van der Waals surface area (Å²) in [5, 5.41) is 0. The summed E-state index contributed by atoms with van der Waals surface area (Å²) in [5.74, 6) is 0.723. The van der Waals surface area contributed by atoms with Crippen molar-refractivity contribution in [3.05, 3.63) is 71.9 Å². The fraction of sp³-hybridized carbons (Fsp3) is 0.429. The molecular weight excluding hydrogens is 444 g/mol. The van der Waals surface area contributed by atoms with E-state index in [9.17, 15) is 0 Å². The summed E-state index contributed by atoms with van der Waals surface area (Å²) in [6.45, 7) is 1.98. The van der Waals surface area contributed by atoms with Gasteiger partial charge in [-0.3, -0.25) is 0 Å². The number of hydrogen-bond donors (Lipinski definition) is 0. The van der Waals surface area contributed by atoms with Crippen LogP contribution < -0.4 is 0 Å². The Balaban J connectivity index is 1.31. The summed E-state index contributed by atoms with van der Waals surface area (Å²) in [5.41, 5.74) is 5.53. The first-order valence-electron chi connectivity index (χ1n) is 12.0. The second-order valence-corrected chi connectivity index (χ2v) is 9.09. The van der Waals surface area contributed by atoms with E-state index in [1.54, 1.807) is 21.3 Å². The van der Waals surface area contributed by atoms with Crippen LogP contribution in [0.2, 0.25) is 0 Å². The van der Waals surface area contributed by atoms with Crippen LogP contribution in [-0.2, 0) is 36.5 Å². The van der Waals surface area contributed by atoms with Gasteiger partial charge in [0.15, 0.2) is 12.1 Å². The maximum Gasteiger partial charge on any atom is 0.187 e. The molecule has 35 heavy (non-hydrogen) atoms. The van der Waals surface area contributed by atoms with Crippen LogP contribution in [0, 0.1) is 0 Å². The number of nitrogens with zero attached hydrogens (tertiary/aromatic N) is 2. The van der Waals surface area contributed by atoms with Gasteiger partial charge in [-0.1, -0.05) is 42.5 Å². The van der Waals surface area contributed by atoms with Crippen molar-refractivity contribution in [3.63, 3.8) is 0 Å². The van der Waals surface area contributed by atoms with Crippen LogP contribution in [0.3, 0.4) is 0 Å². The molecule has 1 aliphatic heterocycles. The van der Waals surface area contributed by atoms with E-state index >= 15 is 0 Å². The van der Waals surface area contributed by atoms with Gasteiger partial charge in [0.1, 0.15) is 18.3 Å². The molecule has 1 aliphatic carbocycles. The van der Waals surface area contributed by atoms with E-state index < -0.39 is 6.29 Å². The van der Waals surface area contributed by atoms with E-state index in [1.807, 2.05) is 49.5 Å². The Kier molecular flexibility index (Phi) is 7.22. The predicted molar refractivity (Wildman–Crippen MR) is 132 cm³/mol. The molecule has 0 N–H and O–H groups in total. The molecule has 0 amide bonds. The van der Waals surface area contributed by atoms with Crippen molar-refractivity contribution >= 4 is 0 Å². The smallest absolute Gasteiger partial charge is 0.187 e. The van der Waals surface area contributed by atoms with Gasteiger partial charge in [0, 0.05) is 38.7 Å². The fourth-order valence-electron chi connectivity index (χ4n) is 5.19. The first-order chi connectivity index (χ1) is 17.1. The number of benzene rings is 2. The SMILES string of the molecule is CO[C@@H]1[C@H](OC)[C@H](OC2Cc3ccc(-c4ccnc(-c5ccccc5)n4)cc3C2)O[C@@H](C)[C@@H]1OC. The Labute approximate surface area is 206 Å². The largest absolute Gasteiger partial charge is 0.376 e. The Bertz CT molecular complexity index is 1140. The highest BCUT2D eigenvalue weighted by Gasteiger charge is 2.47. The lowest BCUT2D eigenvalue weighted by Gasteiger charge is -2.44. The number of hydrogen-bond acceptors (Lipinski definition) is 7. The third-order valence-electron chi connectivity index (χ3n) is 6.96. The van der Waals surface area contributed by atoms with Crippen LogP contribution in [0.5, 0.6) is 0 Å². The van der Waals surface area contributed by atoms with E-state index in [2.05, 4.69) is 23.2 Å². The minimum Gasteiger partial charge on any atom is -0.376 e. The molecule has 184 valence electrons. The molecule has 5 rings (SSSR count). The third kappa shape index (κ3) is 4.87. The zero-order chi connectivity index (χ0) is 24.4. The van der Waals surface area contributed by atoms with Gasteiger partial charge in [-0.15, -0.1) is 0 Å². The van der Waals surface area contributed by atoms with E-state index in [4.69, 9.17) is 28.7 Å². The van der Waals surface area contributed by atoms with E-state index in [0.29, 0.717) is 0 Å². The number of fused-ring (bicyclic) bond motifs is 1. The highest BCUT2D eigenvalue weighted by Crippen LogP contribution is 2.33. The molecule has 3 aromatic rings. The minimum absolute atomic E-state index is 0.00280. The molecule has 2 heterocycles. The molecule has 1 unspecified atom stereocenters. The molecule has 6 atom stereocenters. The highest BCUT2D eigenvalue weighted by atomic mass is 16.7. The van der Waals surface area contributed by atoms with Crippen molar-refractivity contribution in [3.8, 4) is 22.6 Å². The Hall–Kier alpha value is -2.68. The Morgan fingerprint density at radius 2 is 1.54 bits per heavy atom. The van der Waals surface area contributed by atoms with Crippen molar-refractivity contribution < 1.29 is 23.7 Å². The van der Waals surface area contributed by atoms with E-state index in [0.717, 1.165) is 35.5 Å². The van der Waals surface area contributed by atoms with Crippen molar-refractivity contribution in [1.29, 1.82) is 0 Å².